The highest BCUT2D eigenvalue weighted by Crippen LogP contribution is 2.34. The highest BCUT2D eigenvalue weighted by Gasteiger charge is 2.34. The third kappa shape index (κ3) is 2.45. The first-order valence-corrected chi connectivity index (χ1v) is 6.01. The molecule has 2 atom stereocenters. The maximum atomic E-state index is 9.98. The molecule has 1 aliphatic rings. The summed E-state index contributed by atoms with van der Waals surface area (Å²) >= 11 is 0. The molecular formula is C14H20O2. The summed E-state index contributed by atoms with van der Waals surface area (Å²) in [4.78, 5) is 0. The average molecular weight is 220 g/mol. The summed E-state index contributed by atoms with van der Waals surface area (Å²) in [6.45, 7) is 4.11. The fourth-order valence-corrected chi connectivity index (χ4v) is 2.25. The third-order valence-electron chi connectivity index (χ3n) is 3.56. The number of aryl methyl sites for hydroxylation is 2. The lowest BCUT2D eigenvalue weighted by Gasteiger charge is -2.19. The van der Waals surface area contributed by atoms with Gasteiger partial charge in [-0.2, -0.15) is 0 Å². The van der Waals surface area contributed by atoms with Crippen LogP contribution in [0.25, 0.3) is 0 Å². The van der Waals surface area contributed by atoms with Gasteiger partial charge in [0.05, 0.1) is 12.2 Å². The molecule has 1 aromatic carbocycles. The first kappa shape index (κ1) is 11.6. The fraction of sp³-hybridized carbons (Fsp3) is 0.571. The Hall–Kier alpha value is -0.860. The molecular weight excluding hydrogens is 200 g/mol. The molecule has 0 aliphatic heterocycles. The van der Waals surface area contributed by atoms with Crippen LogP contribution in [0.1, 0.15) is 29.5 Å². The second-order valence-corrected chi connectivity index (χ2v) is 4.97. The van der Waals surface area contributed by atoms with Gasteiger partial charge in [-0.05, 0) is 49.3 Å². The molecule has 2 N–H and O–H groups in total. The standard InChI is InChI=1S/C14H20O2/c1-9-4-3-5-10(2)12(9)8-13(15)14(16)11-6-7-11/h3-5,11,13-16H,6-8H2,1-2H3. The van der Waals surface area contributed by atoms with Crippen molar-refractivity contribution in [3.05, 3.63) is 34.9 Å². The molecule has 2 unspecified atom stereocenters. The maximum absolute atomic E-state index is 9.98. The van der Waals surface area contributed by atoms with Gasteiger partial charge in [0, 0.05) is 6.42 Å². The molecule has 1 aromatic rings. The van der Waals surface area contributed by atoms with Crippen LogP contribution >= 0.6 is 0 Å². The Balaban J connectivity index is 2.07. The normalized spacial score (nSPS) is 19.5. The highest BCUT2D eigenvalue weighted by atomic mass is 16.3. The van der Waals surface area contributed by atoms with Crippen LogP contribution in [-0.2, 0) is 6.42 Å². The van der Waals surface area contributed by atoms with Gasteiger partial charge in [0.1, 0.15) is 0 Å². The largest absolute Gasteiger partial charge is 0.390 e. The van der Waals surface area contributed by atoms with Gasteiger partial charge in [-0.25, -0.2) is 0 Å². The summed E-state index contributed by atoms with van der Waals surface area (Å²) in [5.41, 5.74) is 3.57. The molecule has 0 aromatic heterocycles. The van der Waals surface area contributed by atoms with E-state index < -0.39 is 12.2 Å². The number of rotatable bonds is 4. The van der Waals surface area contributed by atoms with Crippen molar-refractivity contribution in [2.45, 2.75) is 45.3 Å². The quantitative estimate of drug-likeness (QED) is 0.814. The summed E-state index contributed by atoms with van der Waals surface area (Å²) in [7, 11) is 0. The van der Waals surface area contributed by atoms with Crippen molar-refractivity contribution in [3.8, 4) is 0 Å². The van der Waals surface area contributed by atoms with E-state index in [9.17, 15) is 10.2 Å². The minimum absolute atomic E-state index is 0.333. The minimum Gasteiger partial charge on any atom is -0.390 e. The van der Waals surface area contributed by atoms with Gasteiger partial charge < -0.3 is 10.2 Å². The second kappa shape index (κ2) is 4.56. The summed E-state index contributed by atoms with van der Waals surface area (Å²) in [6, 6.07) is 6.13. The van der Waals surface area contributed by atoms with Gasteiger partial charge >= 0.3 is 0 Å². The lowest BCUT2D eigenvalue weighted by Crippen LogP contribution is -2.30. The van der Waals surface area contributed by atoms with Crippen LogP contribution < -0.4 is 0 Å². The van der Waals surface area contributed by atoms with E-state index in [2.05, 4.69) is 26.0 Å². The van der Waals surface area contributed by atoms with Gasteiger partial charge in [0.2, 0.25) is 0 Å². The highest BCUT2D eigenvalue weighted by molar-refractivity contribution is 5.34. The molecule has 0 saturated heterocycles. The van der Waals surface area contributed by atoms with Crippen LogP contribution in [0.5, 0.6) is 0 Å². The predicted molar refractivity (Wildman–Crippen MR) is 64.4 cm³/mol. The van der Waals surface area contributed by atoms with E-state index in [0.29, 0.717) is 12.3 Å². The number of hydrogen-bond acceptors (Lipinski definition) is 2. The predicted octanol–water partition coefficient (Wildman–Crippen LogP) is 1.98. The smallest absolute Gasteiger partial charge is 0.0842 e. The third-order valence-corrected chi connectivity index (χ3v) is 3.56. The number of aliphatic hydroxyl groups is 2. The molecule has 0 radical (unpaired) electrons. The van der Waals surface area contributed by atoms with Gasteiger partial charge in [-0.3, -0.25) is 0 Å². The summed E-state index contributed by atoms with van der Waals surface area (Å²) in [5.74, 6) is 0.333. The Morgan fingerprint density at radius 2 is 1.75 bits per heavy atom. The molecule has 2 heteroatoms. The fourth-order valence-electron chi connectivity index (χ4n) is 2.25. The van der Waals surface area contributed by atoms with Crippen molar-refractivity contribution in [2.24, 2.45) is 5.92 Å². The molecule has 0 amide bonds. The van der Waals surface area contributed by atoms with E-state index in [1.54, 1.807) is 0 Å². The zero-order valence-corrected chi connectivity index (χ0v) is 9.98. The molecule has 1 fully saturated rings. The van der Waals surface area contributed by atoms with E-state index in [4.69, 9.17) is 0 Å². The van der Waals surface area contributed by atoms with E-state index >= 15 is 0 Å². The molecule has 1 aliphatic carbocycles. The monoisotopic (exact) mass is 220 g/mol. The Labute approximate surface area is 96.9 Å². The SMILES string of the molecule is Cc1cccc(C)c1CC(O)C(O)C1CC1. The van der Waals surface area contributed by atoms with Crippen molar-refractivity contribution in [1.82, 2.24) is 0 Å². The maximum Gasteiger partial charge on any atom is 0.0842 e. The Morgan fingerprint density at radius 3 is 2.25 bits per heavy atom. The van der Waals surface area contributed by atoms with Gasteiger partial charge in [0.25, 0.3) is 0 Å². The Kier molecular flexibility index (Phi) is 3.31. The Bertz CT molecular complexity index is 349. The van der Waals surface area contributed by atoms with E-state index in [0.717, 1.165) is 12.8 Å². The molecule has 2 rings (SSSR count). The van der Waals surface area contributed by atoms with Crippen molar-refractivity contribution in [1.29, 1.82) is 0 Å². The van der Waals surface area contributed by atoms with Crippen LogP contribution in [-0.4, -0.2) is 22.4 Å². The van der Waals surface area contributed by atoms with Crippen LogP contribution in [0.15, 0.2) is 18.2 Å². The molecule has 0 bridgehead atoms. The molecule has 1 saturated carbocycles. The molecule has 0 spiro atoms. The zero-order chi connectivity index (χ0) is 11.7. The lowest BCUT2D eigenvalue weighted by molar-refractivity contribution is 0.00659. The molecule has 16 heavy (non-hydrogen) atoms. The van der Waals surface area contributed by atoms with Crippen LogP contribution in [0, 0.1) is 19.8 Å². The van der Waals surface area contributed by atoms with Crippen molar-refractivity contribution in [3.63, 3.8) is 0 Å². The molecule has 88 valence electrons. The van der Waals surface area contributed by atoms with Gasteiger partial charge in [-0.15, -0.1) is 0 Å². The topological polar surface area (TPSA) is 40.5 Å². The zero-order valence-electron chi connectivity index (χ0n) is 9.98. The molecule has 0 heterocycles. The van der Waals surface area contributed by atoms with Crippen LogP contribution in [0.4, 0.5) is 0 Å². The minimum atomic E-state index is -0.618. The van der Waals surface area contributed by atoms with Crippen molar-refractivity contribution >= 4 is 0 Å². The van der Waals surface area contributed by atoms with Gasteiger partial charge in [0.15, 0.2) is 0 Å². The summed E-state index contributed by atoms with van der Waals surface area (Å²) in [5, 5.41) is 19.8. The van der Waals surface area contributed by atoms with Crippen LogP contribution in [0.3, 0.4) is 0 Å². The Morgan fingerprint density at radius 1 is 1.19 bits per heavy atom. The van der Waals surface area contributed by atoms with Gasteiger partial charge in [-0.1, -0.05) is 18.2 Å². The van der Waals surface area contributed by atoms with Crippen molar-refractivity contribution < 1.29 is 10.2 Å². The van der Waals surface area contributed by atoms with Crippen LogP contribution in [0.2, 0.25) is 0 Å². The number of aliphatic hydroxyl groups excluding tert-OH is 2. The lowest BCUT2D eigenvalue weighted by atomic mass is 9.94. The van der Waals surface area contributed by atoms with Crippen molar-refractivity contribution in [2.75, 3.05) is 0 Å². The number of hydrogen-bond donors (Lipinski definition) is 2. The number of benzene rings is 1. The summed E-state index contributed by atoms with van der Waals surface area (Å²) < 4.78 is 0. The first-order valence-electron chi connectivity index (χ1n) is 6.01. The summed E-state index contributed by atoms with van der Waals surface area (Å²) in [6.07, 6.45) is 1.53. The average Bonchev–Trinajstić information content (AvgIpc) is 3.06. The van der Waals surface area contributed by atoms with E-state index in [1.807, 2.05) is 6.07 Å². The second-order valence-electron chi connectivity index (χ2n) is 4.97. The first-order chi connectivity index (χ1) is 7.59. The molecule has 2 nitrogen and oxygen atoms in total. The van der Waals surface area contributed by atoms with E-state index in [1.165, 1.54) is 16.7 Å². The van der Waals surface area contributed by atoms with E-state index in [-0.39, 0.29) is 0 Å².